The molecule has 2 saturated heterocycles. The summed E-state index contributed by atoms with van der Waals surface area (Å²) in [7, 11) is 0. The third kappa shape index (κ3) is 7.64. The number of hydrogen-bond acceptors (Lipinski definition) is 16. The van der Waals surface area contributed by atoms with Gasteiger partial charge in [-0.25, -0.2) is 19.2 Å². The molecule has 0 aromatic carbocycles. The van der Waals surface area contributed by atoms with Gasteiger partial charge in [0, 0.05) is 49.9 Å². The zero-order valence-corrected chi connectivity index (χ0v) is 24.6. The number of amidine groups is 2. The summed E-state index contributed by atoms with van der Waals surface area (Å²) in [5.41, 5.74) is 5.92. The topological polar surface area (TPSA) is 203 Å². The molecule has 5 aliphatic rings. The van der Waals surface area contributed by atoms with E-state index < -0.39 is 46.9 Å². The van der Waals surface area contributed by atoms with Crippen LogP contribution in [0.4, 0.5) is 0 Å². The molecule has 1 aliphatic carbocycles. The molecule has 1 radical (unpaired) electrons. The van der Waals surface area contributed by atoms with Gasteiger partial charge < -0.3 is 18.9 Å². The summed E-state index contributed by atoms with van der Waals surface area (Å²) in [6, 6.07) is 0. The molecule has 17 heteroatoms. The Labute approximate surface area is 252 Å². The van der Waals surface area contributed by atoms with Crippen LogP contribution in [0.3, 0.4) is 0 Å². The average molecular weight is 636 g/mol. The fourth-order valence-electron chi connectivity index (χ4n) is 4.38. The van der Waals surface area contributed by atoms with E-state index in [1.165, 1.54) is 0 Å². The van der Waals surface area contributed by atoms with E-state index in [-0.39, 0.29) is 17.1 Å². The minimum absolute atomic E-state index is 0. The van der Waals surface area contributed by atoms with E-state index in [1.54, 1.807) is 13.8 Å². The summed E-state index contributed by atoms with van der Waals surface area (Å²) in [5, 5.41) is 22.7. The van der Waals surface area contributed by atoms with Crippen LogP contribution in [0.1, 0.15) is 85.5 Å². The SMILES string of the molecule is CC1=NN=C(NN=C2C(=O)OC3(CCCCC3)OC2=O)C1.CCC1(CC)OC(=O)C(=NNC2=NN=C(C)C2)C(=O)O1.[Cu+2]. The van der Waals surface area contributed by atoms with Crippen LogP contribution >= 0.6 is 0 Å². The number of rotatable bonds is 4. The van der Waals surface area contributed by atoms with E-state index in [2.05, 4.69) is 41.5 Å². The zero-order valence-electron chi connectivity index (χ0n) is 23.6. The minimum atomic E-state index is -1.18. The molecule has 42 heavy (non-hydrogen) atoms. The number of nitrogens with zero attached hydrogens (tertiary/aromatic N) is 6. The Balaban J connectivity index is 0.000000225. The molecule has 4 aliphatic heterocycles. The van der Waals surface area contributed by atoms with E-state index in [0.29, 0.717) is 50.2 Å². The maximum absolute atomic E-state index is 12.0. The van der Waals surface area contributed by atoms with E-state index >= 15 is 0 Å². The Morgan fingerprint density at radius 2 is 1.07 bits per heavy atom. The molecule has 0 aromatic heterocycles. The number of esters is 4. The Morgan fingerprint density at radius 1 is 0.667 bits per heavy atom. The molecule has 5 rings (SSSR count). The largest absolute Gasteiger partial charge is 2.00 e. The van der Waals surface area contributed by atoms with Crippen LogP contribution in [0.25, 0.3) is 0 Å². The Kier molecular flexibility index (Phi) is 10.7. The Bertz CT molecular complexity index is 1260. The summed E-state index contributed by atoms with van der Waals surface area (Å²) in [6.07, 6.45) is 5.67. The summed E-state index contributed by atoms with van der Waals surface area (Å²) in [5.74, 6) is -4.44. The number of hydrogen-bond donors (Lipinski definition) is 2. The number of nitrogens with one attached hydrogen (secondary N) is 2. The van der Waals surface area contributed by atoms with Crippen molar-refractivity contribution in [3.63, 3.8) is 0 Å². The smallest absolute Gasteiger partial charge is 0.418 e. The number of carbonyl (C=O) groups is 4. The van der Waals surface area contributed by atoms with Crippen LogP contribution in [-0.2, 0) is 55.2 Å². The molecule has 2 N–H and O–H groups in total. The van der Waals surface area contributed by atoms with Gasteiger partial charge in [0.15, 0.2) is 11.7 Å². The van der Waals surface area contributed by atoms with Crippen molar-refractivity contribution in [3.8, 4) is 0 Å². The first-order valence-electron chi connectivity index (χ1n) is 13.4. The molecule has 4 heterocycles. The van der Waals surface area contributed by atoms with Gasteiger partial charge in [0.25, 0.3) is 23.0 Å². The molecular formula is C25H32CuN8O8+2. The van der Waals surface area contributed by atoms with Crippen molar-refractivity contribution < 1.29 is 55.2 Å². The van der Waals surface area contributed by atoms with Crippen molar-refractivity contribution in [1.29, 1.82) is 0 Å². The normalized spacial score (nSPS) is 22.0. The molecule has 1 spiro atoms. The molecular weight excluding hydrogens is 604 g/mol. The van der Waals surface area contributed by atoms with E-state index in [0.717, 1.165) is 30.7 Å². The van der Waals surface area contributed by atoms with E-state index in [9.17, 15) is 19.2 Å². The van der Waals surface area contributed by atoms with Crippen molar-refractivity contribution in [2.45, 2.75) is 97.1 Å². The molecule has 3 fully saturated rings. The van der Waals surface area contributed by atoms with Gasteiger partial charge in [-0.2, -0.15) is 20.4 Å². The van der Waals surface area contributed by atoms with Crippen molar-refractivity contribution in [3.05, 3.63) is 0 Å². The van der Waals surface area contributed by atoms with E-state index in [4.69, 9.17) is 18.9 Å². The number of cyclic esters (lactones) is 2. The summed E-state index contributed by atoms with van der Waals surface area (Å²) in [4.78, 5) is 47.7. The van der Waals surface area contributed by atoms with Crippen molar-refractivity contribution in [1.82, 2.24) is 10.9 Å². The second-order valence-electron chi connectivity index (χ2n) is 9.91. The molecule has 229 valence electrons. The second kappa shape index (κ2) is 13.8. The fraction of sp³-hybridized carbons (Fsp3) is 0.600. The average Bonchev–Trinajstić information content (AvgIpc) is 3.55. The summed E-state index contributed by atoms with van der Waals surface area (Å²) < 4.78 is 21.0. The predicted octanol–water partition coefficient (Wildman–Crippen LogP) is 1.59. The van der Waals surface area contributed by atoms with Gasteiger partial charge in [0.1, 0.15) is 0 Å². The van der Waals surface area contributed by atoms with Gasteiger partial charge in [0.05, 0.1) is 0 Å². The molecule has 0 atom stereocenters. The van der Waals surface area contributed by atoms with Crippen LogP contribution in [0.2, 0.25) is 0 Å². The van der Waals surface area contributed by atoms with Crippen molar-refractivity contribution in [2.24, 2.45) is 30.6 Å². The van der Waals surface area contributed by atoms with Gasteiger partial charge in [-0.05, 0) is 26.7 Å². The standard InChI is InChI=1S/C13H16N4O4.C12H16N4O4.Cu/c1-8-7-9(15-14-8)16-17-10-11(18)20-13(21-12(10)19)5-3-2-4-6-13;1-4-12(5-2)19-10(17)9(11(18)20-12)16-15-8-6-7(3)13-14-8;/h2-7H2,1H3,(H,15,16);4-6H2,1-3H3,(H,14,15);/q;;+2. The zero-order chi connectivity index (χ0) is 29.6. The summed E-state index contributed by atoms with van der Waals surface area (Å²) in [6.45, 7) is 7.18. The Hall–Kier alpha value is -3.98. The number of carbonyl (C=O) groups excluding carboxylic acids is 4. The van der Waals surface area contributed by atoms with Gasteiger partial charge >= 0.3 is 40.9 Å². The minimum Gasteiger partial charge on any atom is -0.418 e. The van der Waals surface area contributed by atoms with Crippen LogP contribution in [0, 0.1) is 0 Å². The molecule has 0 amide bonds. The van der Waals surface area contributed by atoms with Gasteiger partial charge in [-0.1, -0.05) is 20.3 Å². The first kappa shape index (κ1) is 32.5. The molecule has 1 saturated carbocycles. The Morgan fingerprint density at radius 3 is 1.43 bits per heavy atom. The van der Waals surface area contributed by atoms with Crippen LogP contribution < -0.4 is 10.9 Å². The molecule has 16 nitrogen and oxygen atoms in total. The van der Waals surface area contributed by atoms with Crippen molar-refractivity contribution in [2.75, 3.05) is 0 Å². The fourth-order valence-corrected chi connectivity index (χ4v) is 4.38. The van der Waals surface area contributed by atoms with Gasteiger partial charge in [-0.15, -0.1) is 10.2 Å². The molecule has 0 unspecified atom stereocenters. The second-order valence-corrected chi connectivity index (χ2v) is 9.91. The third-order valence-corrected chi connectivity index (χ3v) is 6.70. The molecule has 0 aromatic rings. The van der Waals surface area contributed by atoms with Gasteiger partial charge in [0.2, 0.25) is 0 Å². The quantitative estimate of drug-likeness (QED) is 0.259. The maximum Gasteiger partial charge on any atom is 2.00 e. The molecule has 0 bridgehead atoms. The number of hydrazone groups is 2. The predicted molar refractivity (Wildman–Crippen MR) is 145 cm³/mol. The maximum atomic E-state index is 12.0. The van der Waals surface area contributed by atoms with E-state index in [1.807, 2.05) is 13.8 Å². The van der Waals surface area contributed by atoms with Crippen molar-refractivity contribution >= 4 is 58.4 Å². The van der Waals surface area contributed by atoms with Crippen LogP contribution in [0.15, 0.2) is 30.6 Å². The monoisotopic (exact) mass is 635 g/mol. The van der Waals surface area contributed by atoms with Gasteiger partial charge in [-0.3, -0.25) is 10.9 Å². The van der Waals surface area contributed by atoms with Crippen LogP contribution in [0.5, 0.6) is 0 Å². The first-order valence-corrected chi connectivity index (χ1v) is 13.4. The number of ether oxygens (including phenoxy) is 4. The first-order chi connectivity index (χ1) is 19.6. The third-order valence-electron chi connectivity index (χ3n) is 6.70. The van der Waals surface area contributed by atoms with Crippen LogP contribution in [-0.4, -0.2) is 70.0 Å². The summed E-state index contributed by atoms with van der Waals surface area (Å²) >= 11 is 0.